The Morgan fingerprint density at radius 1 is 0.912 bits per heavy atom. The maximum absolute atomic E-state index is 12.6. The van der Waals surface area contributed by atoms with E-state index in [1.165, 1.54) is 5.57 Å². The number of hydrogen-bond donors (Lipinski definition) is 2. The van der Waals surface area contributed by atoms with Crippen molar-refractivity contribution in [2.24, 2.45) is 0 Å². The number of nitrogens with zero attached hydrogens (tertiary/aromatic N) is 2. The van der Waals surface area contributed by atoms with E-state index < -0.39 is 0 Å². The minimum atomic E-state index is -0.137. The number of hydrogen-bond acceptors (Lipinski definition) is 3. The molecule has 6 nitrogen and oxygen atoms in total. The number of urea groups is 1. The van der Waals surface area contributed by atoms with Crippen LogP contribution in [0.5, 0.6) is 0 Å². The Morgan fingerprint density at radius 2 is 1.68 bits per heavy atom. The molecule has 4 rings (SSSR count). The fourth-order valence-corrected chi connectivity index (χ4v) is 4.39. The summed E-state index contributed by atoms with van der Waals surface area (Å²) in [6, 6.07) is 15.0. The molecule has 0 radical (unpaired) electrons. The van der Waals surface area contributed by atoms with E-state index in [2.05, 4.69) is 33.8 Å². The highest BCUT2D eigenvalue weighted by Crippen LogP contribution is 2.23. The molecule has 0 unspecified atom stereocenters. The van der Waals surface area contributed by atoms with E-state index in [-0.39, 0.29) is 11.9 Å². The molecule has 1 aliphatic carbocycles. The van der Waals surface area contributed by atoms with Crippen molar-refractivity contribution in [2.75, 3.05) is 41.7 Å². The Balaban J connectivity index is 1.20. The van der Waals surface area contributed by atoms with Crippen molar-refractivity contribution in [1.82, 2.24) is 4.90 Å². The molecule has 0 spiro atoms. The molecular formula is C27H31ClN4O2. The van der Waals surface area contributed by atoms with Gasteiger partial charge in [-0.2, -0.15) is 0 Å². The zero-order valence-electron chi connectivity index (χ0n) is 19.3. The van der Waals surface area contributed by atoms with Crippen molar-refractivity contribution < 1.29 is 9.59 Å². The number of allylic oxidation sites excluding steroid dienone is 4. The highest BCUT2D eigenvalue weighted by molar-refractivity contribution is 6.33. The summed E-state index contributed by atoms with van der Waals surface area (Å²) in [5.41, 5.74) is 3.85. The summed E-state index contributed by atoms with van der Waals surface area (Å²) < 4.78 is 0. The quantitative estimate of drug-likeness (QED) is 0.507. The second-order valence-corrected chi connectivity index (χ2v) is 9.00. The van der Waals surface area contributed by atoms with Crippen LogP contribution >= 0.6 is 11.6 Å². The SMILES string of the molecule is O=C(CCCC1=CCCC=C1)Nc1ccc(N2CCN(C(=O)Nc3ccccc3Cl)CC2)cc1. The van der Waals surface area contributed by atoms with Crippen molar-refractivity contribution in [1.29, 1.82) is 0 Å². The Hall–Kier alpha value is -3.25. The van der Waals surface area contributed by atoms with Gasteiger partial charge in [0.1, 0.15) is 0 Å². The lowest BCUT2D eigenvalue weighted by Gasteiger charge is -2.36. The van der Waals surface area contributed by atoms with Gasteiger partial charge in [-0.3, -0.25) is 4.79 Å². The Kier molecular flexibility index (Phi) is 8.26. The van der Waals surface area contributed by atoms with Crippen molar-refractivity contribution in [2.45, 2.75) is 32.1 Å². The van der Waals surface area contributed by atoms with Crippen LogP contribution in [0.1, 0.15) is 32.1 Å². The second kappa shape index (κ2) is 11.7. The Morgan fingerprint density at radius 3 is 2.38 bits per heavy atom. The number of piperazine rings is 1. The van der Waals surface area contributed by atoms with Crippen LogP contribution in [0.25, 0.3) is 0 Å². The largest absolute Gasteiger partial charge is 0.368 e. The average Bonchev–Trinajstić information content (AvgIpc) is 2.87. The Labute approximate surface area is 206 Å². The number of anilines is 3. The summed E-state index contributed by atoms with van der Waals surface area (Å²) in [5, 5.41) is 6.40. The molecule has 0 atom stereocenters. The third-order valence-corrected chi connectivity index (χ3v) is 6.47. The highest BCUT2D eigenvalue weighted by Gasteiger charge is 2.22. The van der Waals surface area contributed by atoms with Gasteiger partial charge in [-0.15, -0.1) is 0 Å². The Bertz CT molecular complexity index is 1060. The van der Waals surface area contributed by atoms with Crippen molar-refractivity contribution >= 4 is 40.6 Å². The standard InChI is InChI=1S/C27H31ClN4O2/c28-24-10-4-5-11-25(24)30-27(34)32-19-17-31(18-20-32)23-15-13-22(14-16-23)29-26(33)12-6-9-21-7-2-1-3-8-21/h2,4-5,7-8,10-11,13-16H,1,3,6,9,12,17-20H2,(H,29,33)(H,30,34). The van der Waals surface area contributed by atoms with Gasteiger partial charge in [-0.1, -0.05) is 47.5 Å². The monoisotopic (exact) mass is 478 g/mol. The van der Waals surface area contributed by atoms with Crippen LogP contribution in [0.15, 0.2) is 72.3 Å². The van der Waals surface area contributed by atoms with E-state index in [9.17, 15) is 9.59 Å². The molecule has 178 valence electrons. The van der Waals surface area contributed by atoms with Gasteiger partial charge in [0.15, 0.2) is 0 Å². The topological polar surface area (TPSA) is 64.7 Å². The van der Waals surface area contributed by atoms with E-state index in [4.69, 9.17) is 11.6 Å². The lowest BCUT2D eigenvalue weighted by Crippen LogP contribution is -2.50. The van der Waals surface area contributed by atoms with Crippen LogP contribution in [0.2, 0.25) is 5.02 Å². The summed E-state index contributed by atoms with van der Waals surface area (Å²) in [6.45, 7) is 2.73. The van der Waals surface area contributed by atoms with E-state index in [0.717, 1.165) is 50.1 Å². The summed E-state index contributed by atoms with van der Waals surface area (Å²) in [6.07, 6.45) is 11.2. The van der Waals surface area contributed by atoms with Crippen LogP contribution in [0.4, 0.5) is 21.9 Å². The van der Waals surface area contributed by atoms with Gasteiger partial charge in [0.25, 0.3) is 0 Å². The first-order chi connectivity index (χ1) is 16.6. The predicted molar refractivity (Wildman–Crippen MR) is 140 cm³/mol. The molecule has 0 saturated carbocycles. The molecule has 1 fully saturated rings. The zero-order chi connectivity index (χ0) is 23.8. The van der Waals surface area contributed by atoms with Crippen LogP contribution < -0.4 is 15.5 Å². The van der Waals surface area contributed by atoms with E-state index in [1.807, 2.05) is 36.4 Å². The number of nitrogens with one attached hydrogen (secondary N) is 2. The van der Waals surface area contributed by atoms with Gasteiger partial charge >= 0.3 is 6.03 Å². The lowest BCUT2D eigenvalue weighted by atomic mass is 10.0. The molecule has 2 aromatic rings. The number of amides is 3. The molecule has 1 saturated heterocycles. The van der Waals surface area contributed by atoms with Gasteiger partial charge < -0.3 is 20.4 Å². The van der Waals surface area contributed by atoms with Crippen molar-refractivity contribution in [3.8, 4) is 0 Å². The number of rotatable bonds is 7. The maximum atomic E-state index is 12.6. The molecular weight excluding hydrogens is 448 g/mol. The molecule has 7 heteroatoms. The number of carbonyl (C=O) groups excluding carboxylic acids is 2. The number of halogens is 1. The minimum Gasteiger partial charge on any atom is -0.368 e. The summed E-state index contributed by atoms with van der Waals surface area (Å²) in [4.78, 5) is 28.9. The molecule has 2 aliphatic rings. The molecule has 2 N–H and O–H groups in total. The van der Waals surface area contributed by atoms with Crippen molar-refractivity contribution in [3.63, 3.8) is 0 Å². The minimum absolute atomic E-state index is 0.0475. The molecule has 34 heavy (non-hydrogen) atoms. The van der Waals surface area contributed by atoms with E-state index in [1.54, 1.807) is 17.0 Å². The van der Waals surface area contributed by atoms with Crippen LogP contribution in [0, 0.1) is 0 Å². The summed E-state index contributed by atoms with van der Waals surface area (Å²) in [7, 11) is 0. The highest BCUT2D eigenvalue weighted by atomic mass is 35.5. The van der Waals surface area contributed by atoms with Crippen molar-refractivity contribution in [3.05, 3.63) is 77.4 Å². The van der Waals surface area contributed by atoms with Crippen LogP contribution in [-0.2, 0) is 4.79 Å². The first kappa shape index (κ1) is 23.9. The zero-order valence-corrected chi connectivity index (χ0v) is 20.1. The molecule has 0 bridgehead atoms. The third kappa shape index (κ3) is 6.64. The van der Waals surface area contributed by atoms with Gasteiger partial charge in [0.2, 0.25) is 5.91 Å². The summed E-state index contributed by atoms with van der Waals surface area (Å²) in [5.74, 6) is 0.0475. The molecule has 1 heterocycles. The van der Waals surface area contributed by atoms with Crippen LogP contribution in [-0.4, -0.2) is 43.0 Å². The number of para-hydroxylation sites is 1. The molecule has 0 aromatic heterocycles. The van der Waals surface area contributed by atoms with Gasteiger partial charge in [0, 0.05) is 44.0 Å². The normalized spacial score (nSPS) is 15.6. The predicted octanol–water partition coefficient (Wildman–Crippen LogP) is 6.08. The second-order valence-electron chi connectivity index (χ2n) is 8.59. The summed E-state index contributed by atoms with van der Waals surface area (Å²) >= 11 is 6.14. The van der Waals surface area contributed by atoms with Gasteiger partial charge in [-0.25, -0.2) is 4.79 Å². The number of benzene rings is 2. The first-order valence-corrected chi connectivity index (χ1v) is 12.3. The van der Waals surface area contributed by atoms with E-state index in [0.29, 0.717) is 30.2 Å². The van der Waals surface area contributed by atoms with Crippen LogP contribution in [0.3, 0.4) is 0 Å². The molecule has 3 amide bonds. The van der Waals surface area contributed by atoms with Gasteiger partial charge in [0.05, 0.1) is 10.7 Å². The molecule has 1 aliphatic heterocycles. The average molecular weight is 479 g/mol. The lowest BCUT2D eigenvalue weighted by molar-refractivity contribution is -0.116. The van der Waals surface area contributed by atoms with E-state index >= 15 is 0 Å². The fraction of sp³-hybridized carbons (Fsp3) is 0.333. The maximum Gasteiger partial charge on any atom is 0.322 e. The first-order valence-electron chi connectivity index (χ1n) is 11.9. The van der Waals surface area contributed by atoms with Gasteiger partial charge in [-0.05, 0) is 62.1 Å². The number of carbonyl (C=O) groups is 2. The third-order valence-electron chi connectivity index (χ3n) is 6.14. The smallest absolute Gasteiger partial charge is 0.322 e. The molecule has 2 aromatic carbocycles. The fourth-order valence-electron chi connectivity index (χ4n) is 4.21.